The Hall–Kier alpha value is 0.240. The van der Waals surface area contributed by atoms with Gasteiger partial charge in [-0.25, -0.2) is 0 Å². The molecular formula is C10H11Cl3O2. The summed E-state index contributed by atoms with van der Waals surface area (Å²) in [4.78, 5) is 11.9. The van der Waals surface area contributed by atoms with E-state index in [2.05, 4.69) is 0 Å². The van der Waals surface area contributed by atoms with E-state index in [1.54, 1.807) is 6.08 Å². The number of ether oxygens (including phenoxy) is 1. The number of alkyl halides is 3. The van der Waals surface area contributed by atoms with Gasteiger partial charge >= 0.3 is 0 Å². The van der Waals surface area contributed by atoms with Gasteiger partial charge in [0.15, 0.2) is 5.78 Å². The first-order valence-corrected chi connectivity index (χ1v) is 5.95. The van der Waals surface area contributed by atoms with Crippen LogP contribution in [0.2, 0.25) is 0 Å². The molecule has 0 radical (unpaired) electrons. The van der Waals surface area contributed by atoms with Crippen LogP contribution in [0.15, 0.2) is 12.2 Å². The first-order chi connectivity index (χ1) is 6.82. The minimum absolute atomic E-state index is 0.0923. The zero-order valence-electron chi connectivity index (χ0n) is 8.34. The highest BCUT2D eigenvalue weighted by Crippen LogP contribution is 2.49. The highest BCUT2D eigenvalue weighted by atomic mass is 35.5. The topological polar surface area (TPSA) is 26.3 Å². The van der Waals surface area contributed by atoms with Crippen LogP contribution in [-0.4, -0.2) is 27.2 Å². The Balaban J connectivity index is 2.45. The summed E-state index contributed by atoms with van der Waals surface area (Å²) in [6, 6.07) is 0. The molecule has 0 N–H and O–H groups in total. The summed E-state index contributed by atoms with van der Waals surface area (Å²) in [5.74, 6) is -0.280. The summed E-state index contributed by atoms with van der Waals surface area (Å²) >= 11 is 18.0. The molecule has 1 fully saturated rings. The van der Waals surface area contributed by atoms with Gasteiger partial charge in [-0.2, -0.15) is 0 Å². The van der Waals surface area contributed by atoms with E-state index in [0.717, 1.165) is 0 Å². The minimum Gasteiger partial charge on any atom is -0.358 e. The normalized spacial score (nSPS) is 42.7. The predicted molar refractivity (Wildman–Crippen MR) is 60.7 cm³/mol. The van der Waals surface area contributed by atoms with Crippen LogP contribution in [0.3, 0.4) is 0 Å². The van der Waals surface area contributed by atoms with Gasteiger partial charge in [0, 0.05) is 0 Å². The lowest BCUT2D eigenvalue weighted by Crippen LogP contribution is -2.60. The van der Waals surface area contributed by atoms with Gasteiger partial charge in [0.05, 0.1) is 0 Å². The number of fused-ring (bicyclic) bond motifs is 2. The number of carbonyl (C=O) groups is 1. The molecule has 2 bridgehead atoms. The molecule has 1 saturated heterocycles. The molecular weight excluding hydrogens is 258 g/mol. The maximum atomic E-state index is 11.9. The molecule has 5 heteroatoms. The summed E-state index contributed by atoms with van der Waals surface area (Å²) in [6.07, 6.45) is 2.94. The maximum Gasteiger partial charge on any atom is 0.206 e. The van der Waals surface area contributed by atoms with Gasteiger partial charge < -0.3 is 4.74 Å². The fourth-order valence-electron chi connectivity index (χ4n) is 2.01. The Morgan fingerprint density at radius 1 is 1.47 bits per heavy atom. The van der Waals surface area contributed by atoms with E-state index in [1.807, 2.05) is 19.9 Å². The Morgan fingerprint density at radius 3 is 2.60 bits per heavy atom. The molecule has 0 unspecified atom stereocenters. The number of Topliss-reactive ketones (excluding diaryl/α,β-unsaturated/α-hetero) is 1. The number of rotatable bonds is 1. The molecule has 15 heavy (non-hydrogen) atoms. The first-order valence-electron chi connectivity index (χ1n) is 4.75. The molecule has 2 rings (SSSR count). The van der Waals surface area contributed by atoms with Gasteiger partial charge in [0.25, 0.3) is 0 Å². The highest BCUT2D eigenvalue weighted by molar-refractivity contribution is 6.62. The Morgan fingerprint density at radius 2 is 2.07 bits per heavy atom. The third-order valence-corrected chi connectivity index (χ3v) is 4.42. The Labute approximate surface area is 104 Å². The maximum absolute atomic E-state index is 11.9. The summed E-state index contributed by atoms with van der Waals surface area (Å²) in [7, 11) is 0. The van der Waals surface area contributed by atoms with E-state index in [4.69, 9.17) is 39.5 Å². The lowest BCUT2D eigenvalue weighted by Gasteiger charge is -2.43. The van der Waals surface area contributed by atoms with E-state index in [9.17, 15) is 4.79 Å². The zero-order chi connectivity index (χ0) is 11.4. The fourth-order valence-corrected chi connectivity index (χ4v) is 3.12. The molecule has 0 aromatic carbocycles. The monoisotopic (exact) mass is 268 g/mol. The fraction of sp³-hybridized carbons (Fsp3) is 0.700. The molecule has 0 aromatic rings. The van der Waals surface area contributed by atoms with Gasteiger partial charge in [-0.1, -0.05) is 49.2 Å². The molecule has 2 aliphatic rings. The van der Waals surface area contributed by atoms with Crippen LogP contribution in [0.5, 0.6) is 0 Å². The third kappa shape index (κ3) is 1.39. The first kappa shape index (κ1) is 11.7. The van der Waals surface area contributed by atoms with Crippen molar-refractivity contribution in [1.29, 1.82) is 0 Å². The lowest BCUT2D eigenvalue weighted by atomic mass is 9.84. The van der Waals surface area contributed by atoms with E-state index < -0.39 is 21.4 Å². The van der Waals surface area contributed by atoms with Crippen LogP contribution in [0.1, 0.15) is 13.8 Å². The molecule has 84 valence electrons. The van der Waals surface area contributed by atoms with Crippen molar-refractivity contribution in [2.45, 2.75) is 35.3 Å². The van der Waals surface area contributed by atoms with Crippen molar-refractivity contribution in [3.05, 3.63) is 12.2 Å². The summed E-state index contributed by atoms with van der Waals surface area (Å²) in [5, 5.41) is -0.831. The second-order valence-corrected chi connectivity index (χ2v) is 6.08. The molecule has 2 heterocycles. The predicted octanol–water partition coefficient (Wildman–Crippen LogP) is 2.70. The molecule has 0 aliphatic carbocycles. The van der Waals surface area contributed by atoms with E-state index in [-0.39, 0.29) is 11.7 Å². The standard InChI is InChI=1S/C10H11Cl3O2/c1-5(2)9-4-3-6(15-9)10(12,13)8(14)7(9)11/h3-7H,1-2H3/t6-,7+,9-/m0/s1. The van der Waals surface area contributed by atoms with Gasteiger partial charge in [-0.3, -0.25) is 4.79 Å². The molecule has 2 aliphatic heterocycles. The van der Waals surface area contributed by atoms with Crippen LogP contribution >= 0.6 is 34.8 Å². The van der Waals surface area contributed by atoms with Crippen LogP contribution in [0, 0.1) is 5.92 Å². The molecule has 0 saturated carbocycles. The average Bonchev–Trinajstić information content (AvgIpc) is 2.58. The summed E-state index contributed by atoms with van der Waals surface area (Å²) in [6.45, 7) is 3.90. The van der Waals surface area contributed by atoms with Crippen molar-refractivity contribution < 1.29 is 9.53 Å². The lowest BCUT2D eigenvalue weighted by molar-refractivity contribution is -0.142. The van der Waals surface area contributed by atoms with Crippen molar-refractivity contribution in [3.8, 4) is 0 Å². The smallest absolute Gasteiger partial charge is 0.206 e. The van der Waals surface area contributed by atoms with Crippen molar-refractivity contribution in [1.82, 2.24) is 0 Å². The molecule has 0 aromatic heterocycles. The van der Waals surface area contributed by atoms with Crippen molar-refractivity contribution in [2.24, 2.45) is 5.92 Å². The van der Waals surface area contributed by atoms with Crippen LogP contribution in [0.4, 0.5) is 0 Å². The zero-order valence-corrected chi connectivity index (χ0v) is 10.6. The largest absolute Gasteiger partial charge is 0.358 e. The summed E-state index contributed by atoms with van der Waals surface area (Å²) in [5.41, 5.74) is -0.753. The van der Waals surface area contributed by atoms with Gasteiger partial charge in [-0.05, 0) is 5.92 Å². The number of ketones is 1. The van der Waals surface area contributed by atoms with Gasteiger partial charge in [0.2, 0.25) is 4.33 Å². The van der Waals surface area contributed by atoms with Crippen molar-refractivity contribution in [2.75, 3.05) is 0 Å². The minimum atomic E-state index is -1.56. The third-order valence-electron chi connectivity index (χ3n) is 3.08. The van der Waals surface area contributed by atoms with Crippen molar-refractivity contribution >= 4 is 40.6 Å². The highest BCUT2D eigenvalue weighted by Gasteiger charge is 2.62. The Bertz CT molecular complexity index is 338. The van der Waals surface area contributed by atoms with E-state index >= 15 is 0 Å². The molecule has 0 spiro atoms. The van der Waals surface area contributed by atoms with Gasteiger partial charge in [-0.15, -0.1) is 11.6 Å². The van der Waals surface area contributed by atoms with Crippen LogP contribution in [-0.2, 0) is 9.53 Å². The molecule has 0 amide bonds. The number of hydrogen-bond donors (Lipinski definition) is 0. The van der Waals surface area contributed by atoms with E-state index in [0.29, 0.717) is 0 Å². The number of halogens is 3. The Kier molecular flexibility index (Phi) is 2.63. The van der Waals surface area contributed by atoms with Crippen molar-refractivity contribution in [3.63, 3.8) is 0 Å². The molecule has 3 atom stereocenters. The number of carbonyl (C=O) groups excluding carboxylic acids is 1. The summed E-state index contributed by atoms with van der Waals surface area (Å²) < 4.78 is 4.16. The SMILES string of the molecule is CC(C)[C@]12C=C[C@H](O1)C(Cl)(Cl)C(=O)[C@H]2Cl. The number of hydrogen-bond acceptors (Lipinski definition) is 2. The molecule has 2 nitrogen and oxygen atoms in total. The average molecular weight is 270 g/mol. The second kappa shape index (κ2) is 3.36. The van der Waals surface area contributed by atoms with Crippen LogP contribution < -0.4 is 0 Å². The second-order valence-electron chi connectivity index (χ2n) is 4.26. The van der Waals surface area contributed by atoms with Crippen LogP contribution in [0.25, 0.3) is 0 Å². The quantitative estimate of drug-likeness (QED) is 0.540. The van der Waals surface area contributed by atoms with Gasteiger partial charge in [0.1, 0.15) is 17.1 Å². The van der Waals surface area contributed by atoms with E-state index in [1.165, 1.54) is 0 Å².